The molecule has 1 aromatic carbocycles. The highest BCUT2D eigenvalue weighted by atomic mass is 16.5. The van der Waals surface area contributed by atoms with Crippen molar-refractivity contribution in [3.63, 3.8) is 0 Å². The van der Waals surface area contributed by atoms with Crippen LogP contribution in [0, 0.1) is 0 Å². The molecule has 0 saturated heterocycles. The number of benzene rings is 1. The van der Waals surface area contributed by atoms with Crippen LogP contribution in [0.1, 0.15) is 19.3 Å². The van der Waals surface area contributed by atoms with Gasteiger partial charge in [0.15, 0.2) is 0 Å². The summed E-state index contributed by atoms with van der Waals surface area (Å²) in [6.07, 6.45) is 10.7. The molecule has 0 unspecified atom stereocenters. The Labute approximate surface area is 123 Å². The normalized spacial score (nSPS) is 10.9. The molecule has 0 amide bonds. The average Bonchev–Trinajstić information content (AvgIpc) is 3.04. The fourth-order valence-electron chi connectivity index (χ4n) is 2.18. The van der Waals surface area contributed by atoms with Crippen molar-refractivity contribution < 1.29 is 4.74 Å². The second-order valence-electron chi connectivity index (χ2n) is 4.92. The molecule has 108 valence electrons. The van der Waals surface area contributed by atoms with Crippen LogP contribution < -0.4 is 4.74 Å². The monoisotopic (exact) mass is 282 g/mol. The van der Waals surface area contributed by atoms with Crippen LogP contribution in [0.4, 0.5) is 0 Å². The lowest BCUT2D eigenvalue weighted by molar-refractivity contribution is 0.282. The molecule has 0 N–H and O–H groups in total. The first-order valence-corrected chi connectivity index (χ1v) is 7.22. The van der Waals surface area contributed by atoms with Gasteiger partial charge in [-0.2, -0.15) is 4.98 Å². The zero-order chi connectivity index (χ0) is 14.3. The van der Waals surface area contributed by atoms with E-state index in [4.69, 9.17) is 4.74 Å². The van der Waals surface area contributed by atoms with E-state index in [0.29, 0.717) is 12.6 Å². The van der Waals surface area contributed by atoms with Crippen LogP contribution in [0.3, 0.4) is 0 Å². The zero-order valence-corrected chi connectivity index (χ0v) is 11.9. The highest BCUT2D eigenvalue weighted by Gasteiger charge is 2.00. The molecule has 3 aromatic rings. The van der Waals surface area contributed by atoms with E-state index in [0.717, 1.165) is 36.7 Å². The van der Waals surface area contributed by atoms with E-state index in [9.17, 15) is 0 Å². The number of hydrogen-bond donors (Lipinski definition) is 0. The fraction of sp³-hybridized carbons (Fsp3) is 0.312. The topological polar surface area (TPSA) is 52.8 Å². The fourth-order valence-corrected chi connectivity index (χ4v) is 2.18. The first kappa shape index (κ1) is 13.5. The summed E-state index contributed by atoms with van der Waals surface area (Å²) in [5.41, 5.74) is 0.919. The summed E-state index contributed by atoms with van der Waals surface area (Å²) in [7, 11) is 0. The molecule has 0 bridgehead atoms. The summed E-state index contributed by atoms with van der Waals surface area (Å²) in [5.74, 6) is 0. The lowest BCUT2D eigenvalue weighted by Crippen LogP contribution is -2.02. The predicted molar refractivity (Wildman–Crippen MR) is 81.1 cm³/mol. The number of fused-ring (bicyclic) bond motifs is 1. The molecule has 0 aliphatic rings. The van der Waals surface area contributed by atoms with Gasteiger partial charge in [-0.3, -0.25) is 0 Å². The Balaban J connectivity index is 1.40. The first-order valence-electron chi connectivity index (χ1n) is 7.22. The summed E-state index contributed by atoms with van der Waals surface area (Å²) < 4.78 is 7.70. The molecule has 3 rings (SSSR count). The van der Waals surface area contributed by atoms with E-state index >= 15 is 0 Å². The van der Waals surface area contributed by atoms with Gasteiger partial charge in [0.25, 0.3) is 0 Å². The molecule has 2 aromatic heterocycles. The summed E-state index contributed by atoms with van der Waals surface area (Å²) in [5, 5.41) is 1.03. The first-order chi connectivity index (χ1) is 10.4. The van der Waals surface area contributed by atoms with Crippen LogP contribution in [0.5, 0.6) is 6.01 Å². The lowest BCUT2D eigenvalue weighted by atomic mass is 10.2. The average molecular weight is 282 g/mol. The maximum atomic E-state index is 5.61. The smallest absolute Gasteiger partial charge is 0.316 e. The third-order valence-corrected chi connectivity index (χ3v) is 3.32. The van der Waals surface area contributed by atoms with Crippen molar-refractivity contribution in [1.29, 1.82) is 0 Å². The number of aromatic nitrogens is 4. The van der Waals surface area contributed by atoms with Gasteiger partial charge in [0.1, 0.15) is 0 Å². The predicted octanol–water partition coefficient (Wildman–Crippen LogP) is 3.08. The van der Waals surface area contributed by atoms with Crippen molar-refractivity contribution in [2.45, 2.75) is 25.8 Å². The van der Waals surface area contributed by atoms with Gasteiger partial charge in [-0.05, 0) is 25.3 Å². The SMILES string of the molecule is c1ccc2nc(OCCCCCn3ccnc3)ncc2c1. The van der Waals surface area contributed by atoms with Gasteiger partial charge in [0.05, 0.1) is 18.5 Å². The Kier molecular flexibility index (Phi) is 4.41. The minimum absolute atomic E-state index is 0.461. The van der Waals surface area contributed by atoms with Crippen LogP contribution in [-0.2, 0) is 6.54 Å². The van der Waals surface area contributed by atoms with Crippen molar-refractivity contribution in [3.8, 4) is 6.01 Å². The van der Waals surface area contributed by atoms with Crippen LogP contribution in [-0.4, -0.2) is 26.1 Å². The quantitative estimate of drug-likeness (QED) is 0.625. The number of rotatable bonds is 7. The van der Waals surface area contributed by atoms with Crippen LogP contribution in [0.2, 0.25) is 0 Å². The molecule has 5 heteroatoms. The molecule has 21 heavy (non-hydrogen) atoms. The van der Waals surface area contributed by atoms with E-state index in [2.05, 4.69) is 19.5 Å². The van der Waals surface area contributed by atoms with E-state index < -0.39 is 0 Å². The standard InChI is InChI=1S/C16H18N4O/c1(4-9-20-10-8-17-13-20)5-11-21-16-18-12-14-6-2-3-7-15(14)19-16/h2-3,6-8,10,12-13H,1,4-5,9,11H2. The molecule has 0 spiro atoms. The van der Waals surface area contributed by atoms with Gasteiger partial charge in [0.2, 0.25) is 0 Å². The number of imidazole rings is 1. The number of unbranched alkanes of at least 4 members (excludes halogenated alkanes) is 2. The Morgan fingerprint density at radius 1 is 1.10 bits per heavy atom. The summed E-state index contributed by atoms with van der Waals surface area (Å²) in [4.78, 5) is 12.6. The van der Waals surface area contributed by atoms with Gasteiger partial charge in [0, 0.05) is 30.5 Å². The Hall–Kier alpha value is -2.43. The number of aryl methyl sites for hydroxylation is 1. The van der Waals surface area contributed by atoms with Crippen LogP contribution in [0.25, 0.3) is 10.9 Å². The van der Waals surface area contributed by atoms with Crippen molar-refractivity contribution in [3.05, 3.63) is 49.2 Å². The largest absolute Gasteiger partial charge is 0.463 e. The number of para-hydroxylation sites is 1. The molecule has 0 atom stereocenters. The van der Waals surface area contributed by atoms with Gasteiger partial charge in [-0.1, -0.05) is 18.2 Å². The Morgan fingerprint density at radius 2 is 2.05 bits per heavy atom. The maximum Gasteiger partial charge on any atom is 0.316 e. The van der Waals surface area contributed by atoms with Gasteiger partial charge in [-0.25, -0.2) is 9.97 Å². The Bertz CT molecular complexity index is 682. The third-order valence-electron chi connectivity index (χ3n) is 3.32. The highest BCUT2D eigenvalue weighted by molar-refractivity contribution is 5.77. The molecular weight excluding hydrogens is 264 g/mol. The molecule has 0 aliphatic heterocycles. The molecule has 2 heterocycles. The number of hydrogen-bond acceptors (Lipinski definition) is 4. The molecule has 0 radical (unpaired) electrons. The maximum absolute atomic E-state index is 5.61. The molecule has 0 saturated carbocycles. The second-order valence-corrected chi connectivity index (χ2v) is 4.92. The molecule has 0 aliphatic carbocycles. The summed E-state index contributed by atoms with van der Waals surface area (Å²) in [6.45, 7) is 1.66. The van der Waals surface area contributed by atoms with Crippen LogP contribution in [0.15, 0.2) is 49.2 Å². The number of nitrogens with zero attached hydrogens (tertiary/aromatic N) is 4. The minimum Gasteiger partial charge on any atom is -0.463 e. The molecule has 0 fully saturated rings. The number of ether oxygens (including phenoxy) is 1. The third kappa shape index (κ3) is 3.78. The summed E-state index contributed by atoms with van der Waals surface area (Å²) in [6, 6.07) is 8.37. The minimum atomic E-state index is 0.461. The lowest BCUT2D eigenvalue weighted by Gasteiger charge is -2.05. The van der Waals surface area contributed by atoms with Gasteiger partial charge < -0.3 is 9.30 Å². The van der Waals surface area contributed by atoms with Gasteiger partial charge in [-0.15, -0.1) is 0 Å². The molecule has 5 nitrogen and oxygen atoms in total. The van der Waals surface area contributed by atoms with Crippen LogP contribution >= 0.6 is 0 Å². The van der Waals surface area contributed by atoms with E-state index in [1.807, 2.05) is 36.8 Å². The van der Waals surface area contributed by atoms with Crippen molar-refractivity contribution in [2.24, 2.45) is 0 Å². The van der Waals surface area contributed by atoms with Crippen molar-refractivity contribution >= 4 is 10.9 Å². The van der Waals surface area contributed by atoms with E-state index in [1.165, 1.54) is 0 Å². The Morgan fingerprint density at radius 3 is 2.95 bits per heavy atom. The molecular formula is C16H18N4O. The van der Waals surface area contributed by atoms with Crippen molar-refractivity contribution in [2.75, 3.05) is 6.61 Å². The zero-order valence-electron chi connectivity index (χ0n) is 11.9. The highest BCUT2D eigenvalue weighted by Crippen LogP contribution is 2.13. The van der Waals surface area contributed by atoms with Crippen molar-refractivity contribution in [1.82, 2.24) is 19.5 Å². The summed E-state index contributed by atoms with van der Waals surface area (Å²) >= 11 is 0. The van der Waals surface area contributed by atoms with E-state index in [-0.39, 0.29) is 0 Å². The van der Waals surface area contributed by atoms with Gasteiger partial charge >= 0.3 is 6.01 Å². The van der Waals surface area contributed by atoms with E-state index in [1.54, 1.807) is 12.4 Å². The second kappa shape index (κ2) is 6.83.